The first kappa shape index (κ1) is 15.4. The Balaban J connectivity index is 3.23. The van der Waals surface area contributed by atoms with Crippen LogP contribution in [-0.4, -0.2) is 0 Å². The minimum Gasteiger partial charge on any atom is -0.397 e. The van der Waals surface area contributed by atoms with E-state index in [1.54, 1.807) is 0 Å². The van der Waals surface area contributed by atoms with Crippen LogP contribution < -0.4 is 11.5 Å². The number of rotatable bonds is 5. The van der Waals surface area contributed by atoms with Crippen LogP contribution in [0.2, 0.25) is 0 Å². The molecule has 0 radical (unpaired) electrons. The third-order valence-electron chi connectivity index (χ3n) is 3.49. The molecule has 0 aliphatic rings. The third kappa shape index (κ3) is 4.47. The predicted octanol–water partition coefficient (Wildman–Crippen LogP) is 4.64. The number of nitrogens with two attached hydrogens (primary N) is 2. The molecule has 1 unspecified atom stereocenters. The highest BCUT2D eigenvalue weighted by Gasteiger charge is 2.04. The van der Waals surface area contributed by atoms with Crippen molar-refractivity contribution >= 4 is 16.9 Å². The normalized spacial score (nSPS) is 14.5. The minimum atomic E-state index is 0.551. The number of nitrogen functional groups attached to an aromatic ring is 2. The largest absolute Gasteiger partial charge is 0.397 e. The van der Waals surface area contributed by atoms with Crippen molar-refractivity contribution in [3.63, 3.8) is 0 Å². The number of hydrogen-bond donors (Lipinski definition) is 2. The van der Waals surface area contributed by atoms with E-state index in [2.05, 4.69) is 39.8 Å². The van der Waals surface area contributed by atoms with Crippen molar-refractivity contribution in [2.24, 2.45) is 5.92 Å². The molecule has 0 aromatic heterocycles. The van der Waals surface area contributed by atoms with Gasteiger partial charge in [-0.25, -0.2) is 0 Å². The van der Waals surface area contributed by atoms with Crippen molar-refractivity contribution in [1.82, 2.24) is 0 Å². The lowest BCUT2D eigenvalue weighted by molar-refractivity contribution is 0.700. The van der Waals surface area contributed by atoms with E-state index < -0.39 is 0 Å². The molecule has 0 saturated carbocycles. The summed E-state index contributed by atoms with van der Waals surface area (Å²) in [5, 5.41) is 0. The molecule has 1 rings (SSSR count). The summed E-state index contributed by atoms with van der Waals surface area (Å²) in [6, 6.07) is 5.88. The average Bonchev–Trinajstić information content (AvgIpc) is 2.40. The molecule has 104 valence electrons. The Morgan fingerprint density at radius 2 is 1.89 bits per heavy atom. The van der Waals surface area contributed by atoms with Crippen molar-refractivity contribution in [2.75, 3.05) is 11.5 Å². The monoisotopic (exact) mass is 258 g/mol. The second-order valence-corrected chi connectivity index (χ2v) is 5.20. The maximum absolute atomic E-state index is 5.91. The van der Waals surface area contributed by atoms with Crippen molar-refractivity contribution in [2.45, 2.75) is 40.5 Å². The topological polar surface area (TPSA) is 52.0 Å². The van der Waals surface area contributed by atoms with Crippen LogP contribution in [0.5, 0.6) is 0 Å². The fourth-order valence-electron chi connectivity index (χ4n) is 1.77. The van der Waals surface area contributed by atoms with Crippen LogP contribution in [0.1, 0.15) is 46.1 Å². The van der Waals surface area contributed by atoms with Gasteiger partial charge in [-0.1, -0.05) is 51.0 Å². The molecular formula is C17H26N2. The van der Waals surface area contributed by atoms with Crippen LogP contribution in [0.25, 0.3) is 5.57 Å². The second kappa shape index (κ2) is 7.03. The third-order valence-corrected chi connectivity index (χ3v) is 3.49. The van der Waals surface area contributed by atoms with Crippen molar-refractivity contribution in [1.29, 1.82) is 0 Å². The fraction of sp³-hybridized carbons (Fsp3) is 0.412. The Kier molecular flexibility index (Phi) is 5.68. The second-order valence-electron chi connectivity index (χ2n) is 5.20. The van der Waals surface area contributed by atoms with Gasteiger partial charge in [-0.3, -0.25) is 0 Å². The Morgan fingerprint density at radius 3 is 2.42 bits per heavy atom. The van der Waals surface area contributed by atoms with Crippen molar-refractivity contribution in [3.8, 4) is 0 Å². The van der Waals surface area contributed by atoms with Crippen LogP contribution in [0.4, 0.5) is 11.4 Å². The Labute approximate surface area is 117 Å². The lowest BCUT2D eigenvalue weighted by Gasteiger charge is -2.10. The zero-order valence-electron chi connectivity index (χ0n) is 12.5. The van der Waals surface area contributed by atoms with E-state index >= 15 is 0 Å². The molecular weight excluding hydrogens is 232 g/mol. The first-order chi connectivity index (χ1) is 8.97. The van der Waals surface area contributed by atoms with E-state index in [0.717, 1.165) is 18.4 Å². The highest BCUT2D eigenvalue weighted by molar-refractivity contribution is 5.79. The van der Waals surface area contributed by atoms with Gasteiger partial charge in [-0.2, -0.15) is 0 Å². The van der Waals surface area contributed by atoms with E-state index in [9.17, 15) is 0 Å². The molecule has 0 heterocycles. The molecule has 2 heteroatoms. The van der Waals surface area contributed by atoms with Crippen LogP contribution in [0.15, 0.2) is 35.9 Å². The van der Waals surface area contributed by atoms with E-state index in [0.29, 0.717) is 17.3 Å². The standard InChI is InChI=1S/C17H26N2/c1-5-12(3)9-15(10-13(4)6-2)14-7-8-16(18)17(19)11-14/h7-12H,5-6,18-19H2,1-4H3/b13-10-,15-9+. The lowest BCUT2D eigenvalue weighted by Crippen LogP contribution is -1.96. The summed E-state index contributed by atoms with van der Waals surface area (Å²) >= 11 is 0. The number of anilines is 2. The van der Waals surface area contributed by atoms with Gasteiger partial charge < -0.3 is 11.5 Å². The van der Waals surface area contributed by atoms with Crippen molar-refractivity contribution < 1.29 is 0 Å². The summed E-state index contributed by atoms with van der Waals surface area (Å²) in [5.74, 6) is 0.551. The zero-order chi connectivity index (χ0) is 14.4. The van der Waals surface area contributed by atoms with Gasteiger partial charge in [-0.05, 0) is 42.5 Å². The lowest BCUT2D eigenvalue weighted by atomic mass is 9.96. The molecule has 2 nitrogen and oxygen atoms in total. The number of allylic oxidation sites excluding steroid dienone is 4. The van der Waals surface area contributed by atoms with Gasteiger partial charge in [0.2, 0.25) is 0 Å². The van der Waals surface area contributed by atoms with Gasteiger partial charge in [0.15, 0.2) is 0 Å². The summed E-state index contributed by atoms with van der Waals surface area (Å²) in [7, 11) is 0. The van der Waals surface area contributed by atoms with Gasteiger partial charge in [0.1, 0.15) is 0 Å². The first-order valence-electron chi connectivity index (χ1n) is 7.02. The zero-order valence-corrected chi connectivity index (χ0v) is 12.5. The summed E-state index contributed by atoms with van der Waals surface area (Å²) in [6.45, 7) is 8.76. The Bertz CT molecular complexity index is 484. The molecule has 1 atom stereocenters. The summed E-state index contributed by atoms with van der Waals surface area (Å²) in [6.07, 6.45) is 6.75. The van der Waals surface area contributed by atoms with E-state index in [-0.39, 0.29) is 0 Å². The van der Waals surface area contributed by atoms with E-state index in [4.69, 9.17) is 11.5 Å². The summed E-state index contributed by atoms with van der Waals surface area (Å²) in [5.41, 5.74) is 16.7. The van der Waals surface area contributed by atoms with Crippen LogP contribution in [0, 0.1) is 5.92 Å². The van der Waals surface area contributed by atoms with Gasteiger partial charge in [0.05, 0.1) is 11.4 Å². The van der Waals surface area contributed by atoms with Crippen LogP contribution in [0.3, 0.4) is 0 Å². The molecule has 19 heavy (non-hydrogen) atoms. The average molecular weight is 258 g/mol. The predicted molar refractivity (Wildman–Crippen MR) is 86.7 cm³/mol. The fourth-order valence-corrected chi connectivity index (χ4v) is 1.77. The molecule has 4 N–H and O–H groups in total. The van der Waals surface area contributed by atoms with Gasteiger partial charge >= 0.3 is 0 Å². The first-order valence-corrected chi connectivity index (χ1v) is 7.02. The Morgan fingerprint density at radius 1 is 1.21 bits per heavy atom. The number of hydrogen-bond acceptors (Lipinski definition) is 2. The van der Waals surface area contributed by atoms with Gasteiger partial charge in [-0.15, -0.1) is 0 Å². The molecule has 0 spiro atoms. The van der Waals surface area contributed by atoms with Crippen LogP contribution >= 0.6 is 0 Å². The SMILES string of the molecule is CC/C(C)=C\C(=C/C(C)CC)c1ccc(N)c(N)c1. The molecule has 1 aromatic carbocycles. The van der Waals surface area contributed by atoms with Crippen molar-refractivity contribution in [3.05, 3.63) is 41.5 Å². The Hall–Kier alpha value is -1.70. The molecule has 0 amide bonds. The van der Waals surface area contributed by atoms with Crippen LogP contribution in [-0.2, 0) is 0 Å². The minimum absolute atomic E-state index is 0.551. The quantitative estimate of drug-likeness (QED) is 0.597. The summed E-state index contributed by atoms with van der Waals surface area (Å²) in [4.78, 5) is 0. The highest BCUT2D eigenvalue weighted by atomic mass is 14.7. The molecule has 0 aliphatic heterocycles. The molecule has 0 fully saturated rings. The van der Waals surface area contributed by atoms with E-state index in [1.165, 1.54) is 11.1 Å². The molecule has 1 aromatic rings. The maximum Gasteiger partial charge on any atom is 0.0554 e. The number of benzene rings is 1. The molecule has 0 bridgehead atoms. The maximum atomic E-state index is 5.91. The highest BCUT2D eigenvalue weighted by Crippen LogP contribution is 2.26. The van der Waals surface area contributed by atoms with E-state index in [1.807, 2.05) is 18.2 Å². The molecule has 0 saturated heterocycles. The summed E-state index contributed by atoms with van der Waals surface area (Å²) < 4.78 is 0. The van der Waals surface area contributed by atoms with Gasteiger partial charge in [0.25, 0.3) is 0 Å². The molecule has 0 aliphatic carbocycles. The smallest absolute Gasteiger partial charge is 0.0554 e. The van der Waals surface area contributed by atoms with Gasteiger partial charge in [0, 0.05) is 0 Å².